The van der Waals surface area contributed by atoms with Crippen molar-refractivity contribution in [3.63, 3.8) is 0 Å². The Hall–Kier alpha value is -13.7. The summed E-state index contributed by atoms with van der Waals surface area (Å²) in [5.74, 6) is 9.06. The van der Waals surface area contributed by atoms with E-state index in [4.69, 9.17) is 0 Å². The number of benzene rings is 15. The van der Waals surface area contributed by atoms with Gasteiger partial charge in [-0.3, -0.25) is 0 Å². The largest absolute Gasteiger partial charge is 0.389 e. The van der Waals surface area contributed by atoms with E-state index in [1.807, 2.05) is 0 Å². The predicted octanol–water partition coefficient (Wildman–Crippen LogP) is 19.7. The van der Waals surface area contributed by atoms with Crippen LogP contribution in [0.1, 0.15) is 27.8 Å². The van der Waals surface area contributed by atoms with Gasteiger partial charge in [-0.2, -0.15) is 0 Å². The van der Waals surface area contributed by atoms with Crippen molar-refractivity contribution in [2.75, 3.05) is 4.81 Å². The summed E-state index contributed by atoms with van der Waals surface area (Å²) < 4.78 is 0. The monoisotopic (exact) mass is 1400 g/mol. The first-order valence-corrected chi connectivity index (χ1v) is 38.3. The third-order valence-electron chi connectivity index (χ3n) is 23.3. The van der Waals surface area contributed by atoms with E-state index in [0.29, 0.717) is 27.4 Å². The SMILES string of the molecule is C1=CB2c3cc4c(ccc5ccccc54)cc3C=CN2C=C1.C1=CB2c3cc4cc5ccccc5cc4cc3C=CN2C=C1.C1=CB2c3cc4ccc5ccccc5c4cc3C=CN2C=C1.C1=CB2c3cc4ccccc4cc3-c3ccccc3N2C=C1.C1=CN2C=Cc3cc4ccccc4cc3B2c2ccccc21. The molecule has 0 saturated carbocycles. The van der Waals surface area contributed by atoms with Crippen LogP contribution in [0.2, 0.25) is 0 Å². The third kappa shape index (κ3) is 11.6. The predicted molar refractivity (Wildman–Crippen MR) is 479 cm³/mol. The summed E-state index contributed by atoms with van der Waals surface area (Å²) in [6.07, 6.45) is 47.4. The average molecular weight is 1400 g/mol. The molecule has 0 spiro atoms. The summed E-state index contributed by atoms with van der Waals surface area (Å²) in [5, 5.41) is 21.0. The van der Waals surface area contributed by atoms with Gasteiger partial charge >= 0.3 is 34.2 Å². The molecule has 25 rings (SSSR count). The molecule has 0 saturated heterocycles. The lowest BCUT2D eigenvalue weighted by molar-refractivity contribution is 0.797. The highest BCUT2D eigenvalue weighted by molar-refractivity contribution is 6.86. The Bertz CT molecular complexity index is 6740. The van der Waals surface area contributed by atoms with Crippen LogP contribution in [0.4, 0.5) is 5.69 Å². The second-order valence-electron chi connectivity index (χ2n) is 29.6. The second kappa shape index (κ2) is 27.3. The Labute approximate surface area is 643 Å². The quantitative estimate of drug-likeness (QED) is 0.0852. The zero-order chi connectivity index (χ0) is 72.6. The van der Waals surface area contributed by atoms with E-state index in [1.165, 1.54) is 164 Å². The fourth-order valence-electron chi connectivity index (χ4n) is 17.9. The first-order chi connectivity index (χ1) is 54.5. The molecule has 0 aliphatic carbocycles. The van der Waals surface area contributed by atoms with Crippen molar-refractivity contribution in [1.29, 1.82) is 0 Å². The van der Waals surface area contributed by atoms with Crippen LogP contribution in [0.25, 0.3) is 128 Å². The van der Waals surface area contributed by atoms with Crippen molar-refractivity contribution in [1.82, 2.24) is 19.2 Å². The highest BCUT2D eigenvalue weighted by atomic mass is 15.1. The van der Waals surface area contributed by atoms with Crippen LogP contribution in [-0.4, -0.2) is 53.5 Å². The van der Waals surface area contributed by atoms with Crippen LogP contribution in [0.5, 0.6) is 0 Å². The van der Waals surface area contributed by atoms with Gasteiger partial charge in [-0.25, -0.2) is 0 Å². The van der Waals surface area contributed by atoms with Crippen molar-refractivity contribution in [3.8, 4) is 11.1 Å². The molecule has 0 radical (unpaired) electrons. The van der Waals surface area contributed by atoms with Crippen LogP contribution < -0.4 is 37.6 Å². The van der Waals surface area contributed by atoms with Gasteiger partial charge in [-0.05, 0) is 311 Å². The smallest absolute Gasteiger partial charge is 0.328 e. The van der Waals surface area contributed by atoms with Crippen molar-refractivity contribution >= 4 is 189 Å². The third-order valence-corrected chi connectivity index (χ3v) is 23.3. The normalized spacial score (nSPS) is 15.2. The minimum absolute atomic E-state index is 0.283. The summed E-state index contributed by atoms with van der Waals surface area (Å²) >= 11 is 0. The van der Waals surface area contributed by atoms with E-state index in [9.17, 15) is 0 Å². The summed E-state index contributed by atoms with van der Waals surface area (Å²) in [6, 6.07) is 97.3. The Morgan fingerprint density at radius 2 is 0.573 bits per heavy atom. The van der Waals surface area contributed by atoms with Gasteiger partial charge in [0.15, 0.2) is 0 Å². The molecule has 0 N–H and O–H groups in total. The molecule has 15 aromatic rings. The number of fused-ring (bicyclic) bond motifs is 30. The maximum absolute atomic E-state index is 2.37. The molecule has 15 aromatic carbocycles. The Kier molecular flexibility index (Phi) is 16.0. The van der Waals surface area contributed by atoms with Gasteiger partial charge in [-0.1, -0.05) is 267 Å². The molecule has 10 aliphatic rings. The summed E-state index contributed by atoms with van der Waals surface area (Å²) in [5.41, 5.74) is 18.9. The van der Waals surface area contributed by atoms with E-state index in [1.54, 1.807) is 0 Å². The molecule has 0 unspecified atom stereocenters. The number of para-hydroxylation sites is 1. The molecule has 10 heteroatoms. The maximum Gasteiger partial charge on any atom is 0.328 e. The number of hydrogen-bond acceptors (Lipinski definition) is 5. The van der Waals surface area contributed by atoms with Crippen molar-refractivity contribution in [3.05, 3.63) is 423 Å². The van der Waals surface area contributed by atoms with Crippen molar-refractivity contribution in [2.24, 2.45) is 0 Å². The minimum atomic E-state index is 0.283. The van der Waals surface area contributed by atoms with Crippen LogP contribution >= 0.6 is 0 Å². The molecule has 5 nitrogen and oxygen atoms in total. The summed E-state index contributed by atoms with van der Waals surface area (Å²) in [4.78, 5) is 11.5. The van der Waals surface area contributed by atoms with Crippen molar-refractivity contribution in [2.45, 2.75) is 0 Å². The fourth-order valence-corrected chi connectivity index (χ4v) is 17.9. The number of rotatable bonds is 0. The molecule has 0 aromatic heterocycles. The molecule has 10 heterocycles. The van der Waals surface area contributed by atoms with Gasteiger partial charge in [0.2, 0.25) is 0 Å². The van der Waals surface area contributed by atoms with Crippen LogP contribution in [0.15, 0.2) is 395 Å². The van der Waals surface area contributed by atoms with E-state index >= 15 is 0 Å². The van der Waals surface area contributed by atoms with Gasteiger partial charge in [0.05, 0.1) is 0 Å². The number of anilines is 1. The number of allylic oxidation sites excluding steroid dienone is 8. The van der Waals surface area contributed by atoms with Crippen LogP contribution in [-0.2, 0) is 0 Å². The number of nitrogens with zero attached hydrogens (tertiary/aromatic N) is 5. The van der Waals surface area contributed by atoms with Crippen LogP contribution in [0, 0.1) is 0 Å². The molecule has 0 bridgehead atoms. The molecular weight excluding hydrogens is 1330 g/mol. The van der Waals surface area contributed by atoms with E-state index in [2.05, 4.69) is 450 Å². The Morgan fingerprint density at radius 3 is 1.18 bits per heavy atom. The molecular formula is C100H70B5N5. The maximum atomic E-state index is 2.37. The lowest BCUT2D eigenvalue weighted by atomic mass is 9.45. The van der Waals surface area contributed by atoms with E-state index < -0.39 is 0 Å². The fraction of sp³-hybridized carbons (Fsp3) is 0. The highest BCUT2D eigenvalue weighted by Crippen LogP contribution is 2.39. The summed E-state index contributed by atoms with van der Waals surface area (Å²) in [7, 11) is 0. The molecule has 0 amide bonds. The molecule has 0 atom stereocenters. The Morgan fingerprint density at radius 1 is 0.191 bits per heavy atom. The summed E-state index contributed by atoms with van der Waals surface area (Å²) in [6.45, 7) is 1.53. The van der Waals surface area contributed by atoms with Gasteiger partial charge in [0, 0.05) is 11.3 Å². The lowest BCUT2D eigenvalue weighted by Crippen LogP contribution is -2.56. The highest BCUT2D eigenvalue weighted by Gasteiger charge is 2.36. The Balaban J connectivity index is 0.0000000873. The van der Waals surface area contributed by atoms with E-state index in [0.717, 1.165) is 0 Å². The van der Waals surface area contributed by atoms with Gasteiger partial charge in [0.25, 0.3) is 0 Å². The van der Waals surface area contributed by atoms with Gasteiger partial charge in [0.1, 0.15) is 0 Å². The second-order valence-corrected chi connectivity index (χ2v) is 29.6. The average Bonchev–Trinajstić information content (AvgIpc) is 0.747. The topological polar surface area (TPSA) is 16.2 Å². The molecule has 0 fully saturated rings. The van der Waals surface area contributed by atoms with E-state index in [-0.39, 0.29) is 6.85 Å². The molecule has 10 aliphatic heterocycles. The molecule has 510 valence electrons. The lowest BCUT2D eigenvalue weighted by Gasteiger charge is -2.36. The molecule has 110 heavy (non-hydrogen) atoms. The first kappa shape index (κ1) is 64.7. The minimum Gasteiger partial charge on any atom is -0.389 e. The first-order valence-electron chi connectivity index (χ1n) is 38.3. The van der Waals surface area contributed by atoms with Crippen molar-refractivity contribution < 1.29 is 0 Å². The van der Waals surface area contributed by atoms with Crippen LogP contribution in [0.3, 0.4) is 0 Å². The zero-order valence-electron chi connectivity index (χ0n) is 60.5. The standard InChI is InChI=1S/5C20H14BN/c1-2-8-16-14-19-18(13-15(16)7-1)17-9-3-4-10-20(17)22-12-6-5-11-21(19)22;1-2-7-17-14-20-18(13-16(17)6-1)10-12-22-11-9-15-5-3-4-8-19(15)21(20)22;1-2-6-18-15(5-1)7-8-16-14-20-17(13-19(16)18)9-12-22-11-4-3-10-21(20)22;1-2-6-18-15(5-1)7-8-16-13-17-9-12-22-11-4-3-10-21(22)20(17)14-19(16)18;1-2-6-16-12-19-14-20-17(13-18(19)11-15(16)5-1)7-10-22-9-4-3-8-21(20)22/h5*1-14H. The van der Waals surface area contributed by atoms with Gasteiger partial charge in [-0.15, -0.1) is 0 Å². The zero-order valence-corrected chi connectivity index (χ0v) is 60.5. The van der Waals surface area contributed by atoms with Gasteiger partial charge < -0.3 is 24.1 Å². The number of hydrogen-bond donors (Lipinski definition) is 0.